The van der Waals surface area contributed by atoms with Gasteiger partial charge in [0.1, 0.15) is 11.8 Å². The zero-order valence-corrected chi connectivity index (χ0v) is 25.3. The van der Waals surface area contributed by atoms with Crippen LogP contribution in [0.1, 0.15) is 33.4 Å². The van der Waals surface area contributed by atoms with Crippen LogP contribution in [0.5, 0.6) is 0 Å². The molecule has 0 saturated carbocycles. The topological polar surface area (TPSA) is 38.0 Å². The predicted molar refractivity (Wildman–Crippen MR) is 160 cm³/mol. The first kappa shape index (κ1) is 26.1. The highest BCUT2D eigenvalue weighted by Crippen LogP contribution is 2.37. The van der Waals surface area contributed by atoms with Crippen molar-refractivity contribution in [1.29, 1.82) is 5.26 Å². The SMILES string of the molecule is C[C@H](CO[Si](c1ccccc1)(c1ccccc1)C(C)(C)C)Cn1c(C#N)c(I)c2ccc(Br)cc21. The van der Waals surface area contributed by atoms with Gasteiger partial charge in [0.15, 0.2) is 0 Å². The van der Waals surface area contributed by atoms with Crippen molar-refractivity contribution in [3.63, 3.8) is 0 Å². The van der Waals surface area contributed by atoms with Gasteiger partial charge in [-0.3, -0.25) is 0 Å². The molecule has 35 heavy (non-hydrogen) atoms. The summed E-state index contributed by atoms with van der Waals surface area (Å²) in [6.07, 6.45) is 0. The van der Waals surface area contributed by atoms with Gasteiger partial charge in [0, 0.05) is 23.0 Å². The second-order valence-corrected chi connectivity index (χ2v) is 16.4. The van der Waals surface area contributed by atoms with E-state index in [0.717, 1.165) is 31.2 Å². The third-order valence-electron chi connectivity index (χ3n) is 6.57. The van der Waals surface area contributed by atoms with E-state index in [1.807, 2.05) is 6.07 Å². The van der Waals surface area contributed by atoms with Crippen LogP contribution < -0.4 is 10.4 Å². The van der Waals surface area contributed by atoms with Crippen LogP contribution >= 0.6 is 38.5 Å². The highest BCUT2D eigenvalue weighted by atomic mass is 127. The van der Waals surface area contributed by atoms with E-state index in [9.17, 15) is 5.26 Å². The Morgan fingerprint density at radius 2 is 1.57 bits per heavy atom. The number of nitrogens with zero attached hydrogens (tertiary/aromatic N) is 2. The molecule has 1 heterocycles. The molecule has 0 N–H and O–H groups in total. The summed E-state index contributed by atoms with van der Waals surface area (Å²) < 4.78 is 11.3. The Balaban J connectivity index is 1.71. The number of fused-ring (bicyclic) bond motifs is 1. The van der Waals surface area contributed by atoms with Crippen molar-refractivity contribution in [3.05, 3.63) is 92.6 Å². The van der Waals surface area contributed by atoms with Gasteiger partial charge in [-0.05, 0) is 56.1 Å². The molecule has 0 saturated heterocycles. The van der Waals surface area contributed by atoms with Crippen molar-refractivity contribution >= 4 is 68.1 Å². The Kier molecular flexibility index (Phi) is 7.91. The van der Waals surface area contributed by atoms with Gasteiger partial charge in [-0.25, -0.2) is 0 Å². The van der Waals surface area contributed by atoms with Gasteiger partial charge in [-0.15, -0.1) is 0 Å². The molecule has 0 amide bonds. The molecule has 4 rings (SSSR count). The lowest BCUT2D eigenvalue weighted by atomic mass is 10.2. The van der Waals surface area contributed by atoms with E-state index in [1.165, 1.54) is 10.4 Å². The summed E-state index contributed by atoms with van der Waals surface area (Å²) in [4.78, 5) is 0. The molecular weight excluding hydrogens is 627 g/mol. The molecule has 3 aromatic carbocycles. The highest BCUT2D eigenvalue weighted by Gasteiger charge is 2.50. The maximum Gasteiger partial charge on any atom is 0.261 e. The minimum Gasteiger partial charge on any atom is -0.407 e. The largest absolute Gasteiger partial charge is 0.407 e. The third kappa shape index (κ3) is 5.01. The van der Waals surface area contributed by atoms with E-state index in [0.29, 0.717) is 6.61 Å². The van der Waals surface area contributed by atoms with Crippen LogP contribution in [0.2, 0.25) is 5.04 Å². The molecule has 0 aliphatic carbocycles. The number of hydrogen-bond donors (Lipinski definition) is 0. The summed E-state index contributed by atoms with van der Waals surface area (Å²) >= 11 is 5.90. The maximum absolute atomic E-state index is 9.93. The molecule has 0 unspecified atom stereocenters. The van der Waals surface area contributed by atoms with Crippen LogP contribution in [-0.4, -0.2) is 19.5 Å². The van der Waals surface area contributed by atoms with Crippen molar-refractivity contribution in [1.82, 2.24) is 4.57 Å². The lowest BCUT2D eigenvalue weighted by Gasteiger charge is -2.43. The summed E-state index contributed by atoms with van der Waals surface area (Å²) in [5.74, 6) is 0.217. The molecule has 6 heteroatoms. The van der Waals surface area contributed by atoms with Crippen molar-refractivity contribution < 1.29 is 4.43 Å². The molecule has 0 aliphatic rings. The van der Waals surface area contributed by atoms with Crippen molar-refractivity contribution in [3.8, 4) is 6.07 Å². The van der Waals surface area contributed by atoms with Crippen molar-refractivity contribution in [2.24, 2.45) is 5.92 Å². The Bertz CT molecular complexity index is 1320. The van der Waals surface area contributed by atoms with Crippen LogP contribution in [0, 0.1) is 20.8 Å². The number of rotatable bonds is 7. The molecule has 0 aliphatic heterocycles. The Morgan fingerprint density at radius 3 is 2.09 bits per heavy atom. The smallest absolute Gasteiger partial charge is 0.261 e. The first-order valence-corrected chi connectivity index (χ1v) is 15.6. The van der Waals surface area contributed by atoms with Crippen LogP contribution in [0.3, 0.4) is 0 Å². The average Bonchev–Trinajstić information content (AvgIpc) is 3.09. The highest BCUT2D eigenvalue weighted by molar-refractivity contribution is 14.1. The molecule has 0 spiro atoms. The molecule has 0 radical (unpaired) electrons. The fourth-order valence-electron chi connectivity index (χ4n) is 4.97. The average molecular weight is 657 g/mol. The minimum atomic E-state index is -2.59. The zero-order valence-electron chi connectivity index (χ0n) is 20.6. The first-order valence-electron chi connectivity index (χ1n) is 11.8. The summed E-state index contributed by atoms with van der Waals surface area (Å²) in [5.41, 5.74) is 1.80. The van der Waals surface area contributed by atoms with E-state index in [1.54, 1.807) is 0 Å². The lowest BCUT2D eigenvalue weighted by molar-refractivity contribution is 0.232. The Labute approximate surface area is 231 Å². The molecule has 4 aromatic rings. The number of hydrogen-bond acceptors (Lipinski definition) is 2. The molecule has 3 nitrogen and oxygen atoms in total. The van der Waals surface area contributed by atoms with Crippen molar-refractivity contribution in [2.45, 2.75) is 39.3 Å². The quantitative estimate of drug-likeness (QED) is 0.157. The summed E-state index contributed by atoms with van der Waals surface area (Å²) in [6.45, 7) is 10.5. The first-order chi connectivity index (χ1) is 16.7. The summed E-state index contributed by atoms with van der Waals surface area (Å²) in [6, 6.07) is 30.2. The van der Waals surface area contributed by atoms with Gasteiger partial charge >= 0.3 is 0 Å². The van der Waals surface area contributed by atoms with Crippen LogP contribution in [-0.2, 0) is 11.0 Å². The molecule has 0 fully saturated rings. The lowest BCUT2D eigenvalue weighted by Crippen LogP contribution is -2.66. The summed E-state index contributed by atoms with van der Waals surface area (Å²) in [5, 5.41) is 13.6. The fourth-order valence-corrected chi connectivity index (χ4v) is 10.9. The van der Waals surface area contributed by atoms with Crippen molar-refractivity contribution in [2.75, 3.05) is 6.61 Å². The monoisotopic (exact) mass is 656 g/mol. The minimum absolute atomic E-state index is 0.0619. The van der Waals surface area contributed by atoms with Gasteiger partial charge in [-0.1, -0.05) is 110 Å². The molecular formula is C29H30BrIN2OSi. The van der Waals surface area contributed by atoms with E-state index in [2.05, 4.69) is 150 Å². The number of benzene rings is 3. The Hall–Kier alpha value is -1.92. The van der Waals surface area contributed by atoms with Gasteiger partial charge in [0.2, 0.25) is 0 Å². The predicted octanol–water partition coefficient (Wildman–Crippen LogP) is 7.09. The maximum atomic E-state index is 9.93. The Morgan fingerprint density at radius 1 is 1.00 bits per heavy atom. The van der Waals surface area contributed by atoms with Crippen LogP contribution in [0.4, 0.5) is 0 Å². The standard InChI is InChI=1S/C29H30BrIN2OSi/c1-21(19-33-26-17-22(30)15-16-25(26)28(31)27(33)18-32)20-34-35(29(2,3)4,23-11-7-5-8-12-23)24-13-9-6-10-14-24/h5-17,21H,19-20H2,1-4H3/t21-/m0/s1. The number of aromatic nitrogens is 1. The van der Waals surface area contributed by atoms with E-state index in [-0.39, 0.29) is 11.0 Å². The van der Waals surface area contributed by atoms with E-state index in [4.69, 9.17) is 4.43 Å². The normalized spacial score (nSPS) is 13.1. The van der Waals surface area contributed by atoms with Gasteiger partial charge in [-0.2, -0.15) is 5.26 Å². The van der Waals surface area contributed by atoms with Crippen LogP contribution in [0.15, 0.2) is 83.3 Å². The molecule has 0 bridgehead atoms. The van der Waals surface area contributed by atoms with Gasteiger partial charge < -0.3 is 8.99 Å². The second-order valence-electron chi connectivity index (χ2n) is 10.1. The van der Waals surface area contributed by atoms with E-state index < -0.39 is 8.32 Å². The van der Waals surface area contributed by atoms with Gasteiger partial charge in [0.25, 0.3) is 8.32 Å². The molecule has 1 atom stereocenters. The zero-order chi connectivity index (χ0) is 25.2. The molecule has 180 valence electrons. The van der Waals surface area contributed by atoms with Crippen LogP contribution in [0.25, 0.3) is 10.9 Å². The summed E-state index contributed by atoms with van der Waals surface area (Å²) in [7, 11) is -2.59. The van der Waals surface area contributed by atoms with E-state index >= 15 is 0 Å². The molecule has 1 aromatic heterocycles. The second kappa shape index (κ2) is 10.6. The fraction of sp³-hybridized carbons (Fsp3) is 0.276. The third-order valence-corrected chi connectivity index (χ3v) is 13.2. The van der Waals surface area contributed by atoms with Gasteiger partial charge in [0.05, 0.1) is 9.09 Å². The number of halogens is 2. The number of nitriles is 1.